The van der Waals surface area contributed by atoms with Crippen molar-refractivity contribution >= 4 is 28.9 Å². The smallest absolute Gasteiger partial charge is 0.261 e. The fourth-order valence-electron chi connectivity index (χ4n) is 2.59. The first-order chi connectivity index (χ1) is 14.0. The molecule has 0 unspecified atom stereocenters. The van der Waals surface area contributed by atoms with E-state index < -0.39 is 0 Å². The molecular weight excluding hydrogens is 384 g/mol. The summed E-state index contributed by atoms with van der Waals surface area (Å²) in [5.74, 6) is 1.35. The van der Waals surface area contributed by atoms with Crippen molar-refractivity contribution in [1.82, 2.24) is 5.32 Å². The van der Waals surface area contributed by atoms with Crippen molar-refractivity contribution < 1.29 is 14.3 Å². The van der Waals surface area contributed by atoms with Crippen molar-refractivity contribution in [2.75, 3.05) is 18.5 Å². The summed E-state index contributed by atoms with van der Waals surface area (Å²) in [4.78, 5) is 12.7. The zero-order valence-corrected chi connectivity index (χ0v) is 18.2. The second-order valence-electron chi connectivity index (χ2n) is 7.16. The van der Waals surface area contributed by atoms with Gasteiger partial charge in [-0.15, -0.1) is 0 Å². The lowest BCUT2D eigenvalue weighted by Crippen LogP contribution is -2.34. The third kappa shape index (κ3) is 7.74. The van der Waals surface area contributed by atoms with E-state index in [0.29, 0.717) is 41.9 Å². The van der Waals surface area contributed by atoms with E-state index in [1.165, 1.54) is 0 Å². The largest absolute Gasteiger partial charge is 0.493 e. The summed E-state index contributed by atoms with van der Waals surface area (Å²) >= 11 is 5.33. The van der Waals surface area contributed by atoms with Gasteiger partial charge in [0.05, 0.1) is 24.5 Å². The summed E-state index contributed by atoms with van der Waals surface area (Å²) in [5, 5.41) is 5.98. The summed E-state index contributed by atoms with van der Waals surface area (Å²) in [6.07, 6.45) is 3.17. The lowest BCUT2D eigenvalue weighted by Gasteiger charge is -2.16. The fourth-order valence-corrected chi connectivity index (χ4v) is 2.79. The normalized spacial score (nSPS) is 10.5. The summed E-state index contributed by atoms with van der Waals surface area (Å²) in [6, 6.07) is 14.7. The van der Waals surface area contributed by atoms with Gasteiger partial charge in [0, 0.05) is 0 Å². The van der Waals surface area contributed by atoms with Crippen LogP contribution in [0.4, 0.5) is 5.69 Å². The van der Waals surface area contributed by atoms with Gasteiger partial charge in [-0.1, -0.05) is 57.9 Å². The Hall–Kier alpha value is -2.60. The number of amides is 1. The number of hydrogen-bond donors (Lipinski definition) is 2. The van der Waals surface area contributed by atoms with Crippen LogP contribution in [0.15, 0.2) is 48.5 Å². The fraction of sp³-hybridized carbons (Fsp3) is 0.391. The van der Waals surface area contributed by atoms with E-state index in [1.807, 2.05) is 30.3 Å². The molecule has 0 saturated carbocycles. The number of nitrogens with one attached hydrogen (secondary N) is 2. The first kappa shape index (κ1) is 22.7. The molecule has 2 N–H and O–H groups in total. The van der Waals surface area contributed by atoms with Crippen LogP contribution in [0.1, 0.15) is 50.4 Å². The number of unbranched alkanes of at least 4 members (excludes halogenated alkanes) is 2. The quantitative estimate of drug-likeness (QED) is 0.402. The van der Waals surface area contributed by atoms with Gasteiger partial charge in [0.15, 0.2) is 5.11 Å². The van der Waals surface area contributed by atoms with E-state index in [0.717, 1.165) is 19.3 Å². The first-order valence-corrected chi connectivity index (χ1v) is 10.5. The van der Waals surface area contributed by atoms with Crippen molar-refractivity contribution in [3.05, 3.63) is 54.1 Å². The van der Waals surface area contributed by atoms with Gasteiger partial charge in [0.2, 0.25) is 0 Å². The van der Waals surface area contributed by atoms with Crippen LogP contribution in [-0.4, -0.2) is 24.2 Å². The third-order valence-corrected chi connectivity index (χ3v) is 4.28. The highest BCUT2D eigenvalue weighted by Crippen LogP contribution is 2.24. The predicted octanol–water partition coefficient (Wildman–Crippen LogP) is 5.42. The maximum atomic E-state index is 12.7. The molecule has 0 saturated heterocycles. The summed E-state index contributed by atoms with van der Waals surface area (Å²) < 4.78 is 11.6. The molecule has 0 aromatic heterocycles. The lowest BCUT2D eigenvalue weighted by atomic mass is 10.2. The number of hydrogen-bond acceptors (Lipinski definition) is 4. The van der Waals surface area contributed by atoms with Crippen LogP contribution in [0, 0.1) is 5.92 Å². The Morgan fingerprint density at radius 3 is 2.41 bits per heavy atom. The molecule has 0 aliphatic heterocycles. The highest BCUT2D eigenvalue weighted by molar-refractivity contribution is 7.80. The zero-order valence-electron chi connectivity index (χ0n) is 17.4. The number of para-hydroxylation sites is 3. The second-order valence-corrected chi connectivity index (χ2v) is 7.57. The highest BCUT2D eigenvalue weighted by atomic mass is 32.1. The zero-order chi connectivity index (χ0) is 21.1. The van der Waals surface area contributed by atoms with Gasteiger partial charge in [0.25, 0.3) is 5.91 Å². The van der Waals surface area contributed by atoms with Crippen LogP contribution in [-0.2, 0) is 0 Å². The molecule has 1 amide bonds. The standard InChI is InChI=1S/C23H30N2O3S/c1-4-5-10-15-27-20-13-8-6-11-18(20)22(26)25-23(29)24-19-12-7-9-14-21(19)28-16-17(2)3/h6-9,11-14,17H,4-5,10,15-16H2,1-3H3,(H2,24,25,26,29). The molecule has 0 aliphatic rings. The van der Waals surface area contributed by atoms with E-state index in [-0.39, 0.29) is 11.0 Å². The molecule has 2 aromatic carbocycles. The van der Waals surface area contributed by atoms with E-state index in [4.69, 9.17) is 21.7 Å². The molecule has 29 heavy (non-hydrogen) atoms. The monoisotopic (exact) mass is 414 g/mol. The Morgan fingerprint density at radius 2 is 1.69 bits per heavy atom. The molecular formula is C23H30N2O3S. The molecule has 0 radical (unpaired) electrons. The maximum Gasteiger partial charge on any atom is 0.261 e. The van der Waals surface area contributed by atoms with Gasteiger partial charge >= 0.3 is 0 Å². The molecule has 2 rings (SSSR count). The van der Waals surface area contributed by atoms with Gasteiger partial charge < -0.3 is 14.8 Å². The van der Waals surface area contributed by atoms with Crippen molar-refractivity contribution in [3.63, 3.8) is 0 Å². The summed E-state index contributed by atoms with van der Waals surface area (Å²) in [5.41, 5.74) is 1.17. The summed E-state index contributed by atoms with van der Waals surface area (Å²) in [6.45, 7) is 7.49. The number of carbonyl (C=O) groups is 1. The van der Waals surface area contributed by atoms with Gasteiger partial charge in [0.1, 0.15) is 11.5 Å². The van der Waals surface area contributed by atoms with Gasteiger partial charge in [-0.05, 0) is 48.8 Å². The predicted molar refractivity (Wildman–Crippen MR) is 122 cm³/mol. The van der Waals surface area contributed by atoms with Crippen molar-refractivity contribution in [3.8, 4) is 11.5 Å². The Balaban J connectivity index is 1.99. The molecule has 2 aromatic rings. The number of carbonyl (C=O) groups excluding carboxylic acids is 1. The highest BCUT2D eigenvalue weighted by Gasteiger charge is 2.14. The average molecular weight is 415 g/mol. The Morgan fingerprint density at radius 1 is 1.00 bits per heavy atom. The number of rotatable bonds is 10. The Bertz CT molecular complexity index is 808. The van der Waals surface area contributed by atoms with E-state index in [1.54, 1.807) is 18.2 Å². The van der Waals surface area contributed by atoms with Crippen LogP contribution in [0.5, 0.6) is 11.5 Å². The second kappa shape index (κ2) is 12.1. The van der Waals surface area contributed by atoms with Crippen LogP contribution in [0.25, 0.3) is 0 Å². The van der Waals surface area contributed by atoms with Crippen molar-refractivity contribution in [2.24, 2.45) is 5.92 Å². The van der Waals surface area contributed by atoms with Gasteiger partial charge in [-0.2, -0.15) is 0 Å². The van der Waals surface area contributed by atoms with E-state index >= 15 is 0 Å². The summed E-state index contributed by atoms with van der Waals surface area (Å²) in [7, 11) is 0. The van der Waals surface area contributed by atoms with E-state index in [2.05, 4.69) is 31.4 Å². The minimum absolute atomic E-state index is 0.205. The minimum Gasteiger partial charge on any atom is -0.493 e. The number of anilines is 1. The molecule has 0 heterocycles. The van der Waals surface area contributed by atoms with E-state index in [9.17, 15) is 4.79 Å². The average Bonchev–Trinajstić information content (AvgIpc) is 2.70. The van der Waals surface area contributed by atoms with Crippen LogP contribution in [0.3, 0.4) is 0 Å². The topological polar surface area (TPSA) is 59.6 Å². The van der Waals surface area contributed by atoms with Crippen LogP contribution < -0.4 is 20.1 Å². The molecule has 0 fully saturated rings. The number of ether oxygens (including phenoxy) is 2. The van der Waals surface area contributed by atoms with Gasteiger partial charge in [-0.25, -0.2) is 0 Å². The molecule has 5 nitrogen and oxygen atoms in total. The molecule has 6 heteroatoms. The maximum absolute atomic E-state index is 12.7. The Labute approximate surface area is 178 Å². The first-order valence-electron chi connectivity index (χ1n) is 10.1. The Kier molecular flexibility index (Phi) is 9.44. The van der Waals surface area contributed by atoms with Gasteiger partial charge in [-0.3, -0.25) is 10.1 Å². The SMILES string of the molecule is CCCCCOc1ccccc1C(=O)NC(=S)Nc1ccccc1OCC(C)C. The molecule has 156 valence electrons. The van der Waals surface area contributed by atoms with Crippen molar-refractivity contribution in [2.45, 2.75) is 40.0 Å². The molecule has 0 aliphatic carbocycles. The number of thiocarbonyl (C=S) groups is 1. The minimum atomic E-state index is -0.311. The lowest BCUT2D eigenvalue weighted by molar-refractivity contribution is 0.0973. The van der Waals surface area contributed by atoms with Crippen LogP contribution in [0.2, 0.25) is 0 Å². The van der Waals surface area contributed by atoms with Crippen LogP contribution >= 0.6 is 12.2 Å². The van der Waals surface area contributed by atoms with Crippen molar-refractivity contribution in [1.29, 1.82) is 0 Å². The number of benzene rings is 2. The third-order valence-electron chi connectivity index (χ3n) is 4.07. The molecule has 0 bridgehead atoms. The molecule has 0 atom stereocenters. The molecule has 0 spiro atoms.